The molecule has 48 valence electrons. The summed E-state index contributed by atoms with van der Waals surface area (Å²) in [7, 11) is 0. The van der Waals surface area contributed by atoms with Crippen molar-refractivity contribution in [2.45, 2.75) is 0 Å². The molecule has 0 bridgehead atoms. The molecule has 0 aliphatic carbocycles. The lowest BCUT2D eigenvalue weighted by atomic mass is 10.3. The monoisotopic (exact) mass is 192 g/mol. The molecule has 1 aromatic rings. The average molecular weight is 193 g/mol. The van der Waals surface area contributed by atoms with E-state index in [1.165, 1.54) is 0 Å². The van der Waals surface area contributed by atoms with Crippen LogP contribution >= 0.6 is 15.9 Å². The molecule has 9 heavy (non-hydrogen) atoms. The highest BCUT2D eigenvalue weighted by molar-refractivity contribution is 9.10. The van der Waals surface area contributed by atoms with Gasteiger partial charge in [0.05, 0.1) is 9.80 Å². The zero-order valence-electron chi connectivity index (χ0n) is 7.33. The van der Waals surface area contributed by atoms with Crippen molar-refractivity contribution < 1.29 is 8.50 Å². The van der Waals surface area contributed by atoms with Gasteiger partial charge in [0.25, 0.3) is 0 Å². The Morgan fingerprint density at radius 1 is 1.67 bits per heavy atom. The lowest BCUT2D eigenvalue weighted by Crippen LogP contribution is -1.88. The van der Waals surface area contributed by atoms with Gasteiger partial charge in [0.15, 0.2) is 0 Å². The summed E-state index contributed by atoms with van der Waals surface area (Å²) in [6.45, 7) is 0. The molecule has 0 spiro atoms. The fourth-order valence-electron chi connectivity index (χ4n) is 0.372. The normalized spacial score (nSPS) is 14.2. The molecule has 0 aromatic heterocycles. The van der Waals surface area contributed by atoms with E-state index >= 15 is 0 Å². The quantitative estimate of drug-likeness (QED) is 0.627. The van der Waals surface area contributed by atoms with Crippen molar-refractivity contribution in [1.82, 2.24) is 0 Å². The molecule has 0 heterocycles. The summed E-state index contributed by atoms with van der Waals surface area (Å²) >= 11 is 2.82. The van der Waals surface area contributed by atoms with Gasteiger partial charge in [0.1, 0.15) is 5.82 Å². The van der Waals surface area contributed by atoms with Crippen LogP contribution in [0.2, 0.25) is 0 Å². The summed E-state index contributed by atoms with van der Waals surface area (Å²) in [5.41, 5.74) is 4.68. The van der Waals surface area contributed by atoms with Crippen molar-refractivity contribution >= 4 is 21.6 Å². The maximum absolute atomic E-state index is 12.9. The van der Waals surface area contributed by atoms with E-state index in [1.807, 2.05) is 0 Å². The van der Waals surface area contributed by atoms with Crippen molar-refractivity contribution in [3.8, 4) is 0 Å². The second kappa shape index (κ2) is 2.35. The second-order valence-electron chi connectivity index (χ2n) is 1.42. The molecular weight excluding hydrogens is 185 g/mol. The zero-order chi connectivity index (χ0) is 9.46. The predicted molar refractivity (Wildman–Crippen MR) is 38.5 cm³/mol. The first-order chi connectivity index (χ1) is 5.46. The highest BCUT2D eigenvalue weighted by Gasteiger charge is 1.95. The smallest absolute Gasteiger partial charge is 0.147 e. The van der Waals surface area contributed by atoms with E-state index in [2.05, 4.69) is 15.9 Å². The number of halogens is 2. The Bertz CT molecular complexity index is 237. The number of hydrogen-bond donors (Lipinski definition) is 1. The Balaban J connectivity index is 3.60. The summed E-state index contributed by atoms with van der Waals surface area (Å²) in [6.07, 6.45) is 0. The van der Waals surface area contributed by atoms with E-state index in [-0.39, 0.29) is 10.5 Å². The SMILES string of the molecule is [2H]c1c([2H])c(Br)c([2H])c(F)c1N. The summed E-state index contributed by atoms with van der Waals surface area (Å²) < 4.78 is 34.3. The van der Waals surface area contributed by atoms with Gasteiger partial charge in [0.2, 0.25) is 0 Å². The minimum absolute atomic E-state index is 0.0424. The first kappa shape index (κ1) is 3.56. The summed E-state index contributed by atoms with van der Waals surface area (Å²) in [6, 6.07) is -1.14. The Hall–Kier alpha value is -0.570. The molecule has 0 radical (unpaired) electrons. The Kier molecular flexibility index (Phi) is 0.931. The standard InChI is InChI=1S/C6H5BrFN/c7-4-1-2-6(9)5(8)3-4/h1-3H,9H2/i1D,2D,3D. The van der Waals surface area contributed by atoms with Crippen molar-refractivity contribution in [3.05, 3.63) is 28.4 Å². The Morgan fingerprint density at radius 3 is 3.00 bits per heavy atom. The largest absolute Gasteiger partial charge is 0.396 e. The topological polar surface area (TPSA) is 26.0 Å². The number of rotatable bonds is 0. The number of anilines is 1. The van der Waals surface area contributed by atoms with Gasteiger partial charge in [0, 0.05) is 4.47 Å². The molecule has 0 amide bonds. The molecule has 1 aromatic carbocycles. The molecular formula is C6H5BrFN. The van der Waals surface area contributed by atoms with E-state index in [0.29, 0.717) is 0 Å². The molecule has 3 heteroatoms. The van der Waals surface area contributed by atoms with Gasteiger partial charge < -0.3 is 5.73 Å². The van der Waals surface area contributed by atoms with Crippen molar-refractivity contribution in [3.63, 3.8) is 0 Å². The number of nitrogen functional groups attached to an aromatic ring is 1. The summed E-state index contributed by atoms with van der Waals surface area (Å²) in [5.74, 6) is -0.956. The van der Waals surface area contributed by atoms with Crippen LogP contribution in [0.4, 0.5) is 10.1 Å². The van der Waals surface area contributed by atoms with Crippen LogP contribution in [0.25, 0.3) is 0 Å². The van der Waals surface area contributed by atoms with Crippen LogP contribution in [0.3, 0.4) is 0 Å². The summed E-state index contributed by atoms with van der Waals surface area (Å²) in [4.78, 5) is 0. The molecule has 0 unspecified atom stereocenters. The molecule has 0 fully saturated rings. The van der Waals surface area contributed by atoms with E-state index in [0.717, 1.165) is 0 Å². The fourth-order valence-corrected chi connectivity index (χ4v) is 0.645. The number of benzene rings is 1. The minimum atomic E-state index is -0.956. The third-order valence-electron chi connectivity index (χ3n) is 0.763. The zero-order valence-corrected chi connectivity index (χ0v) is 5.92. The van der Waals surface area contributed by atoms with E-state index in [1.54, 1.807) is 0 Å². The van der Waals surface area contributed by atoms with Crippen LogP contribution in [-0.4, -0.2) is 0 Å². The van der Waals surface area contributed by atoms with Gasteiger partial charge in [-0.15, -0.1) is 0 Å². The van der Waals surface area contributed by atoms with Crippen LogP contribution < -0.4 is 5.73 Å². The van der Waals surface area contributed by atoms with Gasteiger partial charge >= 0.3 is 0 Å². The van der Waals surface area contributed by atoms with Crippen molar-refractivity contribution in [2.24, 2.45) is 0 Å². The van der Waals surface area contributed by atoms with Gasteiger partial charge in [-0.3, -0.25) is 0 Å². The maximum atomic E-state index is 12.9. The van der Waals surface area contributed by atoms with E-state index in [9.17, 15) is 4.39 Å². The van der Waals surface area contributed by atoms with Crippen LogP contribution in [0.1, 0.15) is 4.11 Å². The third-order valence-corrected chi connectivity index (χ3v) is 1.16. The van der Waals surface area contributed by atoms with Gasteiger partial charge in [-0.25, -0.2) is 4.39 Å². The highest BCUT2D eigenvalue weighted by atomic mass is 79.9. The molecule has 1 nitrogen and oxygen atoms in total. The Labute approximate surface area is 65.0 Å². The molecule has 0 aliphatic heterocycles. The van der Waals surface area contributed by atoms with Crippen molar-refractivity contribution in [2.75, 3.05) is 5.73 Å². The lowest BCUT2D eigenvalue weighted by Gasteiger charge is -1.93. The predicted octanol–water partition coefficient (Wildman–Crippen LogP) is 2.17. The van der Waals surface area contributed by atoms with Crippen LogP contribution in [0, 0.1) is 5.82 Å². The van der Waals surface area contributed by atoms with Crippen LogP contribution in [0.15, 0.2) is 22.6 Å². The van der Waals surface area contributed by atoms with Gasteiger partial charge in [-0.05, 0) is 18.1 Å². The first-order valence-electron chi connectivity index (χ1n) is 3.67. The first-order valence-corrected chi connectivity index (χ1v) is 2.96. The van der Waals surface area contributed by atoms with Crippen molar-refractivity contribution in [1.29, 1.82) is 0 Å². The van der Waals surface area contributed by atoms with Crippen LogP contribution in [-0.2, 0) is 0 Å². The van der Waals surface area contributed by atoms with Crippen LogP contribution in [0.5, 0.6) is 0 Å². The second-order valence-corrected chi connectivity index (χ2v) is 2.21. The van der Waals surface area contributed by atoms with E-state index in [4.69, 9.17) is 9.85 Å². The Morgan fingerprint density at radius 2 is 2.33 bits per heavy atom. The number of nitrogens with two attached hydrogens (primary N) is 1. The molecule has 0 atom stereocenters. The molecule has 2 N–H and O–H groups in total. The molecule has 0 saturated carbocycles. The molecule has 1 rings (SSSR count). The average Bonchev–Trinajstić information content (AvgIpc) is 2.08. The fraction of sp³-hybridized carbons (Fsp3) is 0. The molecule has 0 saturated heterocycles. The minimum Gasteiger partial charge on any atom is -0.396 e. The number of hydrogen-bond acceptors (Lipinski definition) is 1. The molecule has 0 aliphatic rings. The highest BCUT2D eigenvalue weighted by Crippen LogP contribution is 2.15. The summed E-state index contributed by atoms with van der Waals surface area (Å²) in [5, 5.41) is 0. The lowest BCUT2D eigenvalue weighted by molar-refractivity contribution is 0.631. The van der Waals surface area contributed by atoms with Gasteiger partial charge in [-0.2, -0.15) is 0 Å². The third kappa shape index (κ3) is 1.42. The van der Waals surface area contributed by atoms with E-state index < -0.39 is 23.6 Å². The maximum Gasteiger partial charge on any atom is 0.147 e. The van der Waals surface area contributed by atoms with Gasteiger partial charge in [-0.1, -0.05) is 15.9 Å².